The van der Waals surface area contributed by atoms with Crippen molar-refractivity contribution in [3.63, 3.8) is 0 Å². The molecule has 6 nitrogen and oxygen atoms in total. The van der Waals surface area contributed by atoms with Crippen molar-refractivity contribution >= 4 is 0 Å². The zero-order valence-corrected chi connectivity index (χ0v) is 13.2. The molecule has 21 heavy (non-hydrogen) atoms. The lowest BCUT2D eigenvalue weighted by molar-refractivity contribution is 0.213. The monoisotopic (exact) mass is 293 g/mol. The van der Waals surface area contributed by atoms with Gasteiger partial charge in [0.2, 0.25) is 5.89 Å². The molecule has 118 valence electrons. The van der Waals surface area contributed by atoms with Crippen LogP contribution in [-0.4, -0.2) is 59.7 Å². The summed E-state index contributed by atoms with van der Waals surface area (Å²) in [6, 6.07) is 0.386. The van der Waals surface area contributed by atoms with E-state index in [4.69, 9.17) is 15.2 Å². The zero-order valence-electron chi connectivity index (χ0n) is 13.2. The molecule has 1 aliphatic heterocycles. The zero-order chi connectivity index (χ0) is 14.8. The summed E-state index contributed by atoms with van der Waals surface area (Å²) in [7, 11) is 4.30. The number of nitrogens with two attached hydrogens (primary N) is 1. The molecular weight excluding hydrogens is 266 g/mol. The van der Waals surface area contributed by atoms with Crippen LogP contribution < -0.4 is 5.73 Å². The Morgan fingerprint density at radius 1 is 1.14 bits per heavy atom. The van der Waals surface area contributed by atoms with Crippen molar-refractivity contribution in [1.29, 1.82) is 0 Å². The second kappa shape index (κ2) is 6.42. The molecule has 3 unspecified atom stereocenters. The van der Waals surface area contributed by atoms with Gasteiger partial charge in [-0.2, -0.15) is 4.98 Å². The fourth-order valence-electron chi connectivity index (χ4n) is 3.55. The van der Waals surface area contributed by atoms with Crippen LogP contribution in [0.3, 0.4) is 0 Å². The molecule has 1 aromatic heterocycles. The van der Waals surface area contributed by atoms with Crippen molar-refractivity contribution < 1.29 is 4.52 Å². The van der Waals surface area contributed by atoms with Crippen molar-refractivity contribution in [3.8, 4) is 0 Å². The maximum absolute atomic E-state index is 6.23. The van der Waals surface area contributed by atoms with Crippen LogP contribution in [0, 0.1) is 0 Å². The molecule has 0 aromatic carbocycles. The first-order chi connectivity index (χ1) is 10.1. The Bertz CT molecular complexity index is 463. The molecule has 2 aliphatic rings. The summed E-state index contributed by atoms with van der Waals surface area (Å²) >= 11 is 0. The molecule has 1 saturated carbocycles. The molecule has 0 amide bonds. The predicted molar refractivity (Wildman–Crippen MR) is 81.0 cm³/mol. The van der Waals surface area contributed by atoms with Crippen molar-refractivity contribution in [2.24, 2.45) is 5.73 Å². The van der Waals surface area contributed by atoms with Crippen LogP contribution in [-0.2, 0) is 0 Å². The summed E-state index contributed by atoms with van der Waals surface area (Å²) in [4.78, 5) is 9.38. The third-order valence-corrected chi connectivity index (χ3v) is 4.96. The molecule has 3 atom stereocenters. The highest BCUT2D eigenvalue weighted by Gasteiger charge is 2.31. The van der Waals surface area contributed by atoms with Gasteiger partial charge in [-0.05, 0) is 46.4 Å². The van der Waals surface area contributed by atoms with Crippen LogP contribution in [0.25, 0.3) is 0 Å². The maximum Gasteiger partial charge on any atom is 0.231 e. The molecule has 3 rings (SSSR count). The topological polar surface area (TPSA) is 71.4 Å². The number of likely N-dealkylation sites (N-methyl/N-ethyl adjacent to an activating group) is 2. The first-order valence-electron chi connectivity index (χ1n) is 8.13. The van der Waals surface area contributed by atoms with Crippen LogP contribution in [0.1, 0.15) is 55.8 Å². The van der Waals surface area contributed by atoms with E-state index in [1.807, 2.05) is 0 Å². The number of aromatic nitrogens is 2. The Hall–Kier alpha value is -0.980. The summed E-state index contributed by atoms with van der Waals surface area (Å²) in [6.45, 7) is 3.15. The molecule has 2 N–H and O–H groups in total. The molecule has 1 aliphatic carbocycles. The lowest BCUT2D eigenvalue weighted by Gasteiger charge is -2.25. The van der Waals surface area contributed by atoms with E-state index >= 15 is 0 Å². The van der Waals surface area contributed by atoms with Crippen LogP contribution in [0.5, 0.6) is 0 Å². The minimum absolute atomic E-state index is 0.168. The molecular formula is C15H27N5O. The minimum Gasteiger partial charge on any atom is -0.339 e. The number of hydrogen-bond acceptors (Lipinski definition) is 6. The molecule has 0 spiro atoms. The van der Waals surface area contributed by atoms with E-state index < -0.39 is 0 Å². The summed E-state index contributed by atoms with van der Waals surface area (Å²) in [5.41, 5.74) is 6.23. The van der Waals surface area contributed by atoms with Gasteiger partial charge in [-0.25, -0.2) is 0 Å². The van der Waals surface area contributed by atoms with Gasteiger partial charge in [-0.3, -0.25) is 4.90 Å². The Kier molecular flexibility index (Phi) is 4.57. The first kappa shape index (κ1) is 14.9. The minimum atomic E-state index is 0.168. The van der Waals surface area contributed by atoms with E-state index in [1.54, 1.807) is 0 Å². The van der Waals surface area contributed by atoms with Crippen LogP contribution in [0.15, 0.2) is 4.52 Å². The number of rotatable bonds is 2. The molecule has 2 fully saturated rings. The van der Waals surface area contributed by atoms with Crippen molar-refractivity contribution in [2.75, 3.05) is 33.7 Å². The van der Waals surface area contributed by atoms with Gasteiger partial charge in [0.15, 0.2) is 5.82 Å². The predicted octanol–water partition coefficient (Wildman–Crippen LogP) is 1.36. The van der Waals surface area contributed by atoms with Crippen molar-refractivity contribution in [1.82, 2.24) is 19.9 Å². The lowest BCUT2D eigenvalue weighted by Crippen LogP contribution is -2.32. The van der Waals surface area contributed by atoms with Crippen LogP contribution >= 0.6 is 0 Å². The fraction of sp³-hybridized carbons (Fsp3) is 0.867. The lowest BCUT2D eigenvalue weighted by atomic mass is 9.85. The normalized spacial score (nSPS) is 33.0. The van der Waals surface area contributed by atoms with Crippen LogP contribution in [0.2, 0.25) is 0 Å². The third kappa shape index (κ3) is 3.27. The summed E-state index contributed by atoms with van der Waals surface area (Å²) in [6.07, 6.45) is 5.75. The van der Waals surface area contributed by atoms with Crippen molar-refractivity contribution in [3.05, 3.63) is 11.7 Å². The van der Waals surface area contributed by atoms with Gasteiger partial charge in [0.25, 0.3) is 0 Å². The highest BCUT2D eigenvalue weighted by Crippen LogP contribution is 2.32. The van der Waals surface area contributed by atoms with Gasteiger partial charge in [-0.1, -0.05) is 18.0 Å². The molecule has 0 radical (unpaired) electrons. The van der Waals surface area contributed by atoms with Gasteiger partial charge in [0, 0.05) is 12.6 Å². The smallest absolute Gasteiger partial charge is 0.231 e. The van der Waals surface area contributed by atoms with Gasteiger partial charge in [0.05, 0.1) is 12.0 Å². The number of nitrogens with zero attached hydrogens (tertiary/aromatic N) is 4. The van der Waals surface area contributed by atoms with E-state index in [-0.39, 0.29) is 18.0 Å². The summed E-state index contributed by atoms with van der Waals surface area (Å²) in [5, 5.41) is 4.27. The highest BCUT2D eigenvalue weighted by molar-refractivity contribution is 5.04. The SMILES string of the molecule is CN1CCCN(C)C(c2noc(C3CCCCC3N)n2)C1. The molecule has 2 heterocycles. The Morgan fingerprint density at radius 3 is 2.76 bits per heavy atom. The Labute approximate surface area is 126 Å². The standard InChI is InChI=1S/C15H27N5O/c1-19-8-5-9-20(2)13(10-19)14-17-15(21-18-14)11-6-3-4-7-12(11)16/h11-13H,3-10,16H2,1-2H3. The van der Waals surface area contributed by atoms with Gasteiger partial charge >= 0.3 is 0 Å². The number of hydrogen-bond donors (Lipinski definition) is 1. The molecule has 1 aromatic rings. The highest BCUT2D eigenvalue weighted by atomic mass is 16.5. The Morgan fingerprint density at radius 2 is 1.95 bits per heavy atom. The van der Waals surface area contributed by atoms with E-state index in [9.17, 15) is 0 Å². The van der Waals surface area contributed by atoms with E-state index in [0.29, 0.717) is 0 Å². The quantitative estimate of drug-likeness (QED) is 0.888. The average Bonchev–Trinajstić information content (AvgIpc) is 2.88. The van der Waals surface area contributed by atoms with Gasteiger partial charge < -0.3 is 15.2 Å². The fourth-order valence-corrected chi connectivity index (χ4v) is 3.55. The summed E-state index contributed by atoms with van der Waals surface area (Å²) in [5.74, 6) is 1.81. The van der Waals surface area contributed by atoms with Gasteiger partial charge in [0.1, 0.15) is 0 Å². The van der Waals surface area contributed by atoms with E-state index in [0.717, 1.165) is 44.2 Å². The second-order valence-electron chi connectivity index (χ2n) is 6.66. The first-order valence-corrected chi connectivity index (χ1v) is 8.13. The summed E-state index contributed by atoms with van der Waals surface area (Å²) < 4.78 is 5.57. The van der Waals surface area contributed by atoms with Crippen LogP contribution in [0.4, 0.5) is 0 Å². The maximum atomic E-state index is 6.23. The van der Waals surface area contributed by atoms with Crippen molar-refractivity contribution in [2.45, 2.75) is 50.1 Å². The van der Waals surface area contributed by atoms with E-state index in [1.165, 1.54) is 19.3 Å². The third-order valence-electron chi connectivity index (χ3n) is 4.96. The molecule has 6 heteroatoms. The molecule has 1 saturated heterocycles. The second-order valence-corrected chi connectivity index (χ2v) is 6.66. The molecule has 0 bridgehead atoms. The largest absolute Gasteiger partial charge is 0.339 e. The van der Waals surface area contributed by atoms with E-state index in [2.05, 4.69) is 29.1 Å². The average molecular weight is 293 g/mol. The van der Waals surface area contributed by atoms with Gasteiger partial charge in [-0.15, -0.1) is 0 Å². The Balaban J connectivity index is 1.76.